The van der Waals surface area contributed by atoms with Crippen LogP contribution in [0.4, 0.5) is 0 Å². The largest absolute Gasteiger partial charge is 0.466 e. The van der Waals surface area contributed by atoms with Gasteiger partial charge in [-0.2, -0.15) is 0 Å². The molecule has 1 radical (unpaired) electrons. The summed E-state index contributed by atoms with van der Waals surface area (Å²) < 4.78 is 8.88. The fourth-order valence-electron chi connectivity index (χ4n) is 0. The summed E-state index contributed by atoms with van der Waals surface area (Å²) in [5, 5.41) is 0. The van der Waals surface area contributed by atoms with Crippen LogP contribution in [-0.4, -0.2) is 14.7 Å². The second-order valence-electron chi connectivity index (χ2n) is 0.513. The van der Waals surface area contributed by atoms with Gasteiger partial charge in [0.1, 0.15) is 0 Å². The van der Waals surface area contributed by atoms with Crippen LogP contribution in [0.2, 0.25) is 0 Å². The number of hydrogen-bond acceptors (Lipinski definition) is 1. The van der Waals surface area contributed by atoms with E-state index < -0.39 is 7.82 Å². The van der Waals surface area contributed by atoms with Crippen LogP contribution in [-0.2, 0) is 72.6 Å². The topological polar surface area (TPSA) is 77.8 Å². The first-order chi connectivity index (χ1) is 2.00. The Morgan fingerprint density at radius 2 is 1.12 bits per heavy atom. The van der Waals surface area contributed by atoms with Crippen molar-refractivity contribution in [1.29, 1.82) is 0 Å². The van der Waals surface area contributed by atoms with E-state index >= 15 is 0 Å². The van der Waals surface area contributed by atoms with E-state index in [1.165, 1.54) is 0 Å². The van der Waals surface area contributed by atoms with Crippen LogP contribution < -0.4 is 0 Å². The zero-order valence-electron chi connectivity index (χ0n) is 3.71. The summed E-state index contributed by atoms with van der Waals surface area (Å²) in [5.74, 6) is 0. The standard InChI is InChI=1S/Ag.H3O4P.Zn.Zr/c;1-5(2,3)4;;/h;(H3,1,2,3,4);;. The molecule has 0 rings (SSSR count). The molecule has 8 heteroatoms. The SMILES string of the molecule is O=P(O)(O)O.[Ag].[Zn].[Zr]. The van der Waals surface area contributed by atoms with Gasteiger partial charge in [0.05, 0.1) is 0 Å². The average molecular weight is 362 g/mol. The van der Waals surface area contributed by atoms with Crippen molar-refractivity contribution in [2.75, 3.05) is 0 Å². The van der Waals surface area contributed by atoms with Crippen molar-refractivity contribution in [2.24, 2.45) is 0 Å². The molecule has 0 aromatic heterocycles. The summed E-state index contributed by atoms with van der Waals surface area (Å²) >= 11 is 0. The molecule has 3 N–H and O–H groups in total. The van der Waals surface area contributed by atoms with Crippen molar-refractivity contribution in [2.45, 2.75) is 0 Å². The maximum Gasteiger partial charge on any atom is 0.466 e. The average Bonchev–Trinajstić information content (AvgIpc) is 0.722. The molecule has 8 heavy (non-hydrogen) atoms. The molecular weight excluding hydrogens is 359 g/mol. The molecule has 0 bridgehead atoms. The Balaban J connectivity index is -0.0000000267. The third-order valence-corrected chi connectivity index (χ3v) is 0. The van der Waals surface area contributed by atoms with Crippen molar-refractivity contribution in [3.8, 4) is 0 Å². The molecule has 0 aliphatic rings. The van der Waals surface area contributed by atoms with E-state index in [4.69, 9.17) is 19.2 Å². The second-order valence-corrected chi connectivity index (χ2v) is 1.54. The Hall–Kier alpha value is 2.36. The van der Waals surface area contributed by atoms with E-state index in [1.807, 2.05) is 0 Å². The smallest absolute Gasteiger partial charge is 0.303 e. The van der Waals surface area contributed by atoms with E-state index in [9.17, 15) is 0 Å². The van der Waals surface area contributed by atoms with Gasteiger partial charge >= 0.3 is 7.82 Å². The molecule has 0 atom stereocenters. The Morgan fingerprint density at radius 1 is 1.12 bits per heavy atom. The van der Waals surface area contributed by atoms with Crippen molar-refractivity contribution in [3.63, 3.8) is 0 Å². The van der Waals surface area contributed by atoms with Crippen molar-refractivity contribution in [1.82, 2.24) is 0 Å². The van der Waals surface area contributed by atoms with Gasteiger partial charge in [0.25, 0.3) is 0 Å². The molecule has 0 amide bonds. The van der Waals surface area contributed by atoms with Gasteiger partial charge in [0, 0.05) is 68.1 Å². The predicted octanol–water partition coefficient (Wildman–Crippen LogP) is -0.936. The minimum atomic E-state index is -4.64. The van der Waals surface area contributed by atoms with Gasteiger partial charge < -0.3 is 14.7 Å². The maximum absolute atomic E-state index is 8.88. The monoisotopic (exact) mass is 359 g/mol. The Morgan fingerprint density at radius 3 is 1.12 bits per heavy atom. The van der Waals surface area contributed by atoms with E-state index in [1.54, 1.807) is 0 Å². The second kappa shape index (κ2) is 9.36. The first-order valence-electron chi connectivity index (χ1n) is 0.783. The number of rotatable bonds is 0. The number of phosphoric acid groups is 1. The molecular formula is H3AgO4PZnZr. The molecule has 0 unspecified atom stereocenters. The quantitative estimate of drug-likeness (QED) is 0.384. The molecule has 0 aromatic rings. The molecule has 0 spiro atoms. The fourth-order valence-corrected chi connectivity index (χ4v) is 0. The van der Waals surface area contributed by atoms with Crippen molar-refractivity contribution < 1.29 is 87.3 Å². The molecule has 0 heterocycles. The van der Waals surface area contributed by atoms with Crippen LogP contribution >= 0.6 is 7.82 Å². The van der Waals surface area contributed by atoms with Gasteiger partial charge in [0.15, 0.2) is 0 Å². The zero-order chi connectivity index (χ0) is 4.50. The van der Waals surface area contributed by atoms with Crippen LogP contribution in [0.25, 0.3) is 0 Å². The van der Waals surface area contributed by atoms with E-state index in [0.29, 0.717) is 0 Å². The minimum absolute atomic E-state index is 0. The molecule has 0 aromatic carbocycles. The predicted molar refractivity (Wildman–Crippen MR) is 14.3 cm³/mol. The van der Waals surface area contributed by atoms with E-state index in [0.717, 1.165) is 0 Å². The third kappa shape index (κ3) is 81.4. The van der Waals surface area contributed by atoms with Gasteiger partial charge in [0.2, 0.25) is 0 Å². The minimum Gasteiger partial charge on any atom is -0.303 e. The molecule has 0 aliphatic carbocycles. The Labute approximate surface area is 94.1 Å². The third-order valence-electron chi connectivity index (χ3n) is 0. The van der Waals surface area contributed by atoms with E-state index in [2.05, 4.69) is 0 Å². The van der Waals surface area contributed by atoms with E-state index in [-0.39, 0.29) is 68.1 Å². The Bertz CT molecular complexity index is 62.2. The normalized spacial score (nSPS) is 7.38. The van der Waals surface area contributed by atoms with Crippen molar-refractivity contribution >= 4 is 7.82 Å². The van der Waals surface area contributed by atoms with Crippen LogP contribution in [0.3, 0.4) is 0 Å². The van der Waals surface area contributed by atoms with Crippen LogP contribution in [0.15, 0.2) is 0 Å². The summed E-state index contributed by atoms with van der Waals surface area (Å²) in [5.41, 5.74) is 0. The van der Waals surface area contributed by atoms with Gasteiger partial charge in [-0.15, -0.1) is 0 Å². The Kier molecular flexibility index (Phi) is 26.2. The summed E-state index contributed by atoms with van der Waals surface area (Å²) in [6.07, 6.45) is 0. The summed E-state index contributed by atoms with van der Waals surface area (Å²) in [7, 11) is -4.64. The zero-order valence-corrected chi connectivity index (χ0v) is 11.5. The first kappa shape index (κ1) is 22.4. The molecule has 0 saturated heterocycles. The first-order valence-corrected chi connectivity index (χ1v) is 2.35. The summed E-state index contributed by atoms with van der Waals surface area (Å²) in [6.45, 7) is 0. The van der Waals surface area contributed by atoms with Crippen molar-refractivity contribution in [3.05, 3.63) is 0 Å². The van der Waals surface area contributed by atoms with Gasteiger partial charge in [-0.3, -0.25) is 0 Å². The number of hydrogen-bond donors (Lipinski definition) is 3. The molecule has 0 fully saturated rings. The fraction of sp³-hybridized carbons (Fsp3) is 0. The van der Waals surface area contributed by atoms with Gasteiger partial charge in [-0.1, -0.05) is 0 Å². The summed E-state index contributed by atoms with van der Waals surface area (Å²) in [6, 6.07) is 0. The van der Waals surface area contributed by atoms with Gasteiger partial charge in [-0.25, -0.2) is 4.57 Å². The summed E-state index contributed by atoms with van der Waals surface area (Å²) in [4.78, 5) is 21.6. The van der Waals surface area contributed by atoms with Crippen LogP contribution in [0.1, 0.15) is 0 Å². The molecule has 4 nitrogen and oxygen atoms in total. The molecule has 0 saturated carbocycles. The molecule has 0 aliphatic heterocycles. The molecule has 49 valence electrons. The van der Waals surface area contributed by atoms with Gasteiger partial charge in [-0.05, 0) is 0 Å². The maximum atomic E-state index is 8.88. The van der Waals surface area contributed by atoms with Crippen LogP contribution in [0, 0.1) is 0 Å². The van der Waals surface area contributed by atoms with Crippen LogP contribution in [0.5, 0.6) is 0 Å².